The summed E-state index contributed by atoms with van der Waals surface area (Å²) in [4.78, 5) is 23.8. The van der Waals surface area contributed by atoms with Crippen LogP contribution in [0.3, 0.4) is 0 Å². The van der Waals surface area contributed by atoms with Crippen molar-refractivity contribution in [3.63, 3.8) is 0 Å². The van der Waals surface area contributed by atoms with Gasteiger partial charge in [0.2, 0.25) is 5.91 Å². The Hall–Kier alpha value is -3.63. The van der Waals surface area contributed by atoms with E-state index in [9.17, 15) is 9.59 Å². The summed E-state index contributed by atoms with van der Waals surface area (Å²) >= 11 is 6.47. The molecule has 2 atom stereocenters. The Morgan fingerprint density at radius 2 is 1.95 bits per heavy atom. The molecular weight excluding hydrogens is 512 g/mol. The largest absolute Gasteiger partial charge is 0.493 e. The van der Waals surface area contributed by atoms with Gasteiger partial charge in [-0.15, -0.1) is 10.2 Å². The van der Waals surface area contributed by atoms with Gasteiger partial charge in [0, 0.05) is 35.0 Å². The van der Waals surface area contributed by atoms with E-state index in [2.05, 4.69) is 15.5 Å². The van der Waals surface area contributed by atoms with Crippen molar-refractivity contribution >= 4 is 23.5 Å². The summed E-state index contributed by atoms with van der Waals surface area (Å²) in [7, 11) is 3.12. The van der Waals surface area contributed by atoms with E-state index in [-0.39, 0.29) is 31.2 Å². The molecule has 0 saturated heterocycles. The molecule has 3 aromatic rings. The second kappa shape index (κ2) is 11.8. The summed E-state index contributed by atoms with van der Waals surface area (Å²) < 4.78 is 19.9. The number of halogens is 1. The van der Waals surface area contributed by atoms with Gasteiger partial charge in [-0.2, -0.15) is 0 Å². The van der Waals surface area contributed by atoms with E-state index in [1.807, 2.05) is 42.7 Å². The number of carboxylic acids is 1. The van der Waals surface area contributed by atoms with Crippen LogP contribution >= 0.6 is 11.6 Å². The van der Waals surface area contributed by atoms with Crippen LogP contribution in [0.15, 0.2) is 36.4 Å². The topological polar surface area (TPSA) is 125 Å². The van der Waals surface area contributed by atoms with Crippen molar-refractivity contribution in [2.24, 2.45) is 0 Å². The van der Waals surface area contributed by atoms with Gasteiger partial charge in [-0.25, -0.2) is 0 Å². The first-order valence-corrected chi connectivity index (χ1v) is 12.7. The minimum atomic E-state index is -0.910. The summed E-state index contributed by atoms with van der Waals surface area (Å²) in [5.41, 5.74) is 2.25. The average Bonchev–Trinajstić information content (AvgIpc) is 3.29. The molecule has 4 rings (SSSR count). The second-order valence-electron chi connectivity index (χ2n) is 9.25. The third-order valence-electron chi connectivity index (χ3n) is 6.31. The van der Waals surface area contributed by atoms with Crippen molar-refractivity contribution in [2.75, 3.05) is 20.8 Å². The third-order valence-corrected chi connectivity index (χ3v) is 6.54. The molecule has 0 radical (unpaired) electrons. The zero-order valence-electron chi connectivity index (χ0n) is 21.7. The molecule has 1 aliphatic heterocycles. The predicted molar refractivity (Wildman–Crippen MR) is 140 cm³/mol. The Labute approximate surface area is 225 Å². The molecule has 1 aromatic heterocycles. The molecule has 1 amide bonds. The van der Waals surface area contributed by atoms with E-state index >= 15 is 0 Å². The number of benzene rings is 2. The Balaban J connectivity index is 1.82. The quantitative estimate of drug-likeness (QED) is 0.356. The SMILES string of the molecule is COc1cccc(C2OC(CC(=O)NCCCC(=O)O)c3nnc(C(C)C)n3-c3ccc(Cl)cc32)c1OC. The van der Waals surface area contributed by atoms with Crippen LogP contribution in [-0.4, -0.2) is 52.5 Å². The minimum Gasteiger partial charge on any atom is -0.493 e. The van der Waals surface area contributed by atoms with Gasteiger partial charge < -0.3 is 24.6 Å². The Bertz CT molecular complexity index is 1320. The van der Waals surface area contributed by atoms with Crippen LogP contribution in [0.4, 0.5) is 0 Å². The number of amides is 1. The number of carbonyl (C=O) groups is 2. The number of rotatable bonds is 10. The molecule has 0 fully saturated rings. The van der Waals surface area contributed by atoms with Gasteiger partial charge in [0.1, 0.15) is 18.0 Å². The maximum Gasteiger partial charge on any atom is 0.303 e. The second-order valence-corrected chi connectivity index (χ2v) is 9.68. The van der Waals surface area contributed by atoms with E-state index in [0.29, 0.717) is 34.3 Å². The van der Waals surface area contributed by atoms with E-state index in [1.165, 1.54) is 0 Å². The number of carboxylic acid groups (broad SMARTS) is 1. The van der Waals surface area contributed by atoms with E-state index in [1.54, 1.807) is 26.4 Å². The highest BCUT2D eigenvalue weighted by Crippen LogP contribution is 2.46. The molecule has 0 spiro atoms. The summed E-state index contributed by atoms with van der Waals surface area (Å²) in [5, 5.41) is 21.1. The van der Waals surface area contributed by atoms with Crippen LogP contribution in [0.25, 0.3) is 5.69 Å². The van der Waals surface area contributed by atoms with Gasteiger partial charge in [0.15, 0.2) is 17.3 Å². The number of methoxy groups -OCH3 is 2. The number of carbonyl (C=O) groups excluding carboxylic acids is 1. The van der Waals surface area contributed by atoms with Crippen LogP contribution in [0.2, 0.25) is 5.02 Å². The molecule has 1 aliphatic rings. The first-order chi connectivity index (χ1) is 18.2. The number of hydrogen-bond acceptors (Lipinski definition) is 7. The van der Waals surface area contributed by atoms with E-state index < -0.39 is 18.2 Å². The van der Waals surface area contributed by atoms with E-state index in [4.69, 9.17) is 30.9 Å². The van der Waals surface area contributed by atoms with Gasteiger partial charge >= 0.3 is 5.97 Å². The van der Waals surface area contributed by atoms with Crippen molar-refractivity contribution in [3.8, 4) is 17.2 Å². The summed E-state index contributed by atoms with van der Waals surface area (Å²) in [6.07, 6.45) is -1.20. The maximum absolute atomic E-state index is 13.0. The maximum atomic E-state index is 13.0. The fraction of sp³-hybridized carbons (Fsp3) is 0.407. The van der Waals surface area contributed by atoms with Crippen LogP contribution in [-0.2, 0) is 14.3 Å². The Morgan fingerprint density at radius 1 is 1.16 bits per heavy atom. The van der Waals surface area contributed by atoms with Crippen molar-refractivity contribution in [2.45, 2.75) is 51.2 Å². The first kappa shape index (κ1) is 27.4. The summed E-state index contributed by atoms with van der Waals surface area (Å²) in [5.74, 6) is 1.09. The van der Waals surface area contributed by atoms with Gasteiger partial charge in [0.25, 0.3) is 0 Å². The highest BCUT2D eigenvalue weighted by atomic mass is 35.5. The lowest BCUT2D eigenvalue weighted by Gasteiger charge is -2.25. The lowest BCUT2D eigenvalue weighted by atomic mass is 9.98. The third kappa shape index (κ3) is 5.61. The van der Waals surface area contributed by atoms with Gasteiger partial charge in [-0.3, -0.25) is 14.2 Å². The predicted octanol–water partition coefficient (Wildman–Crippen LogP) is 4.59. The average molecular weight is 543 g/mol. The molecule has 10 nitrogen and oxygen atoms in total. The molecule has 2 heterocycles. The smallest absolute Gasteiger partial charge is 0.303 e. The monoisotopic (exact) mass is 542 g/mol. The number of aliphatic carboxylic acids is 1. The molecule has 11 heteroatoms. The standard InChI is InChI=1S/C27H31ClN4O6/c1-15(2)26-30-31-27-21(14-22(33)29-12-6-9-23(34)35)38-24(17-7-5-8-20(36-3)25(17)37-4)18-13-16(28)10-11-19(18)32(26)27/h5,7-8,10-11,13,15,21,24H,6,9,12,14H2,1-4H3,(H,29,33)(H,34,35). The number of ether oxygens (including phenoxy) is 3. The zero-order valence-corrected chi connectivity index (χ0v) is 22.5. The van der Waals surface area contributed by atoms with Crippen molar-refractivity contribution < 1.29 is 28.9 Å². The Kier molecular flexibility index (Phi) is 8.53. The molecule has 0 aliphatic carbocycles. The lowest BCUT2D eigenvalue weighted by molar-refractivity contribution is -0.137. The normalized spacial score (nSPS) is 16.4. The highest BCUT2D eigenvalue weighted by Gasteiger charge is 2.37. The lowest BCUT2D eigenvalue weighted by Crippen LogP contribution is -2.28. The summed E-state index contributed by atoms with van der Waals surface area (Å²) in [6.45, 7) is 4.28. The van der Waals surface area contributed by atoms with Crippen LogP contribution in [0.1, 0.15) is 74.0 Å². The summed E-state index contributed by atoms with van der Waals surface area (Å²) in [6, 6.07) is 11.1. The van der Waals surface area contributed by atoms with Crippen molar-refractivity contribution in [3.05, 3.63) is 64.2 Å². The molecule has 202 valence electrons. The molecule has 2 N–H and O–H groups in total. The highest BCUT2D eigenvalue weighted by molar-refractivity contribution is 6.30. The number of aromatic nitrogens is 3. The fourth-order valence-electron chi connectivity index (χ4n) is 4.58. The number of fused-ring (bicyclic) bond motifs is 3. The minimum absolute atomic E-state index is 0.0277. The van der Waals surface area contributed by atoms with Gasteiger partial charge in [-0.05, 0) is 30.7 Å². The van der Waals surface area contributed by atoms with Crippen molar-refractivity contribution in [1.82, 2.24) is 20.1 Å². The fourth-order valence-corrected chi connectivity index (χ4v) is 4.76. The van der Waals surface area contributed by atoms with Gasteiger partial charge in [-0.1, -0.05) is 37.6 Å². The van der Waals surface area contributed by atoms with Crippen molar-refractivity contribution in [1.29, 1.82) is 0 Å². The Morgan fingerprint density at radius 3 is 2.63 bits per heavy atom. The molecule has 38 heavy (non-hydrogen) atoms. The van der Waals surface area contributed by atoms with Crippen LogP contribution < -0.4 is 14.8 Å². The van der Waals surface area contributed by atoms with Gasteiger partial charge in [0.05, 0.1) is 26.3 Å². The molecule has 0 saturated carbocycles. The van der Waals surface area contributed by atoms with E-state index in [0.717, 1.165) is 17.1 Å². The first-order valence-electron chi connectivity index (χ1n) is 12.3. The molecule has 0 bridgehead atoms. The van der Waals surface area contributed by atoms with Crippen LogP contribution in [0, 0.1) is 0 Å². The molecular formula is C27H31ClN4O6. The number of nitrogens with one attached hydrogen (secondary N) is 1. The zero-order chi connectivity index (χ0) is 27.4. The number of hydrogen-bond donors (Lipinski definition) is 2. The number of para-hydroxylation sites is 1. The number of nitrogens with zero attached hydrogens (tertiary/aromatic N) is 3. The molecule has 2 aromatic carbocycles. The van der Waals surface area contributed by atoms with Crippen LogP contribution in [0.5, 0.6) is 11.5 Å². The molecule has 2 unspecified atom stereocenters.